The highest BCUT2D eigenvalue weighted by atomic mass is 35.5. The van der Waals surface area contributed by atoms with E-state index in [0.29, 0.717) is 5.02 Å². The van der Waals surface area contributed by atoms with Crippen molar-refractivity contribution in [2.45, 2.75) is 24.4 Å². The molecule has 0 saturated carbocycles. The Labute approximate surface area is 187 Å². The zero-order chi connectivity index (χ0) is 21.6. The quantitative estimate of drug-likeness (QED) is 0.401. The second-order valence-electron chi connectivity index (χ2n) is 7.75. The molecule has 2 heterocycles. The van der Waals surface area contributed by atoms with Crippen molar-refractivity contribution in [1.29, 1.82) is 0 Å². The SMILES string of the molecule is Cc1ccc(C2c3cccn3-c3ccccc3CN2S(=O)(=O)c2ccc(Cl)cc2)cc1. The maximum absolute atomic E-state index is 13.9. The molecule has 0 radical (unpaired) electrons. The molecule has 1 aromatic heterocycles. The van der Waals surface area contributed by atoms with Crippen LogP contribution in [0.15, 0.2) is 96.0 Å². The van der Waals surface area contributed by atoms with Gasteiger partial charge in [0.1, 0.15) is 0 Å². The molecule has 0 bridgehead atoms. The molecule has 1 unspecified atom stereocenters. The van der Waals surface area contributed by atoms with Crippen LogP contribution >= 0.6 is 11.6 Å². The lowest BCUT2D eigenvalue weighted by atomic mass is 10.0. The summed E-state index contributed by atoms with van der Waals surface area (Å²) in [6.45, 7) is 2.29. The molecule has 0 amide bonds. The van der Waals surface area contributed by atoms with Gasteiger partial charge < -0.3 is 4.57 Å². The van der Waals surface area contributed by atoms with E-state index in [2.05, 4.69) is 4.57 Å². The van der Waals surface area contributed by atoms with E-state index in [9.17, 15) is 8.42 Å². The highest BCUT2D eigenvalue weighted by Gasteiger charge is 2.37. The predicted octanol–water partition coefficient (Wildman–Crippen LogP) is 5.73. The molecule has 4 nitrogen and oxygen atoms in total. The van der Waals surface area contributed by atoms with E-state index in [0.717, 1.165) is 28.1 Å². The van der Waals surface area contributed by atoms with Crippen molar-refractivity contribution in [2.75, 3.05) is 0 Å². The van der Waals surface area contributed by atoms with Gasteiger partial charge in [-0.1, -0.05) is 59.6 Å². The van der Waals surface area contributed by atoms with E-state index in [1.54, 1.807) is 28.6 Å². The number of rotatable bonds is 3. The van der Waals surface area contributed by atoms with Gasteiger partial charge in [0.25, 0.3) is 0 Å². The van der Waals surface area contributed by atoms with E-state index < -0.39 is 16.1 Å². The smallest absolute Gasteiger partial charge is 0.244 e. The normalized spacial score (nSPS) is 16.4. The monoisotopic (exact) mass is 448 g/mol. The number of para-hydroxylation sites is 1. The molecule has 1 atom stereocenters. The molecular formula is C25H21ClN2O2S. The maximum Gasteiger partial charge on any atom is 0.244 e. The molecule has 3 aromatic carbocycles. The first-order valence-electron chi connectivity index (χ1n) is 10.0. The molecule has 5 rings (SSSR count). The Kier molecular flexibility index (Phi) is 4.97. The molecule has 156 valence electrons. The van der Waals surface area contributed by atoms with E-state index in [1.165, 1.54) is 0 Å². The Morgan fingerprint density at radius 2 is 1.58 bits per heavy atom. The lowest BCUT2D eigenvalue weighted by Crippen LogP contribution is -2.34. The van der Waals surface area contributed by atoms with Crippen LogP contribution < -0.4 is 0 Å². The van der Waals surface area contributed by atoms with E-state index in [-0.39, 0.29) is 11.4 Å². The highest BCUT2D eigenvalue weighted by Crippen LogP contribution is 2.39. The molecule has 1 aliphatic rings. The van der Waals surface area contributed by atoms with Crippen molar-refractivity contribution >= 4 is 21.6 Å². The first-order chi connectivity index (χ1) is 14.9. The summed E-state index contributed by atoms with van der Waals surface area (Å²) in [5.41, 5.74) is 4.91. The number of hydrogen-bond donors (Lipinski definition) is 0. The average Bonchev–Trinajstić information content (AvgIpc) is 3.19. The largest absolute Gasteiger partial charge is 0.319 e. The lowest BCUT2D eigenvalue weighted by molar-refractivity contribution is 0.353. The Morgan fingerprint density at radius 1 is 0.871 bits per heavy atom. The van der Waals surface area contributed by atoms with Gasteiger partial charge in [-0.3, -0.25) is 0 Å². The number of hydrogen-bond acceptors (Lipinski definition) is 2. The van der Waals surface area contributed by atoms with Crippen molar-refractivity contribution in [3.05, 3.63) is 119 Å². The van der Waals surface area contributed by atoms with Gasteiger partial charge >= 0.3 is 0 Å². The molecule has 0 N–H and O–H groups in total. The summed E-state index contributed by atoms with van der Waals surface area (Å²) in [4.78, 5) is 0.228. The standard InChI is InChI=1S/C25H21ClN2O2S/c1-18-8-10-19(11-9-18)25-24-7-4-16-27(24)23-6-3-2-5-20(23)17-28(25)31(29,30)22-14-12-21(26)13-15-22/h2-16,25H,17H2,1H3. The second-order valence-corrected chi connectivity index (χ2v) is 10.1. The predicted molar refractivity (Wildman–Crippen MR) is 123 cm³/mol. The maximum atomic E-state index is 13.9. The number of benzene rings is 3. The second kappa shape index (κ2) is 7.68. The van der Waals surface area contributed by atoms with E-state index in [1.807, 2.05) is 73.8 Å². The third-order valence-electron chi connectivity index (χ3n) is 5.74. The number of sulfonamides is 1. The van der Waals surface area contributed by atoms with Gasteiger partial charge in [-0.25, -0.2) is 8.42 Å². The van der Waals surface area contributed by atoms with Crippen molar-refractivity contribution in [1.82, 2.24) is 8.87 Å². The molecule has 0 aliphatic carbocycles. The number of halogens is 1. The average molecular weight is 449 g/mol. The summed E-state index contributed by atoms with van der Waals surface area (Å²) in [5, 5.41) is 0.504. The van der Waals surface area contributed by atoms with Crippen LogP contribution in [-0.2, 0) is 16.6 Å². The Morgan fingerprint density at radius 3 is 2.32 bits per heavy atom. The zero-order valence-electron chi connectivity index (χ0n) is 16.9. The van der Waals surface area contributed by atoms with Crippen LogP contribution in [0.25, 0.3) is 5.69 Å². The Bertz CT molecular complexity index is 1340. The van der Waals surface area contributed by atoms with Crippen molar-refractivity contribution in [3.8, 4) is 5.69 Å². The molecule has 0 spiro atoms. The Balaban J connectivity index is 1.76. The van der Waals surface area contributed by atoms with E-state index in [4.69, 9.17) is 11.6 Å². The van der Waals surface area contributed by atoms with Crippen LogP contribution in [0.4, 0.5) is 0 Å². The molecule has 0 fully saturated rings. The summed E-state index contributed by atoms with van der Waals surface area (Å²) in [6, 6.07) is 25.9. The van der Waals surface area contributed by atoms with Crippen LogP contribution in [0.3, 0.4) is 0 Å². The van der Waals surface area contributed by atoms with Crippen LogP contribution in [0.2, 0.25) is 5.02 Å². The number of aromatic nitrogens is 1. The van der Waals surface area contributed by atoms with Gasteiger partial charge in [0.15, 0.2) is 0 Å². The number of fused-ring (bicyclic) bond motifs is 3. The molecule has 1 aliphatic heterocycles. The van der Waals surface area contributed by atoms with Crippen LogP contribution in [-0.4, -0.2) is 17.3 Å². The molecule has 6 heteroatoms. The number of nitrogens with zero attached hydrogens (tertiary/aromatic N) is 2. The summed E-state index contributed by atoms with van der Waals surface area (Å²) >= 11 is 6.02. The third-order valence-corrected chi connectivity index (χ3v) is 7.82. The summed E-state index contributed by atoms with van der Waals surface area (Å²) in [5.74, 6) is 0. The van der Waals surface area contributed by atoms with Gasteiger partial charge in [0, 0.05) is 29.1 Å². The molecule has 4 aromatic rings. The summed E-state index contributed by atoms with van der Waals surface area (Å²) < 4.78 is 31.5. The van der Waals surface area contributed by atoms with Crippen LogP contribution in [0.5, 0.6) is 0 Å². The van der Waals surface area contributed by atoms with E-state index >= 15 is 0 Å². The Hall–Kier alpha value is -2.86. The fraction of sp³-hybridized carbons (Fsp3) is 0.120. The fourth-order valence-corrected chi connectivity index (χ4v) is 5.87. The third kappa shape index (κ3) is 3.49. The zero-order valence-corrected chi connectivity index (χ0v) is 18.5. The first kappa shape index (κ1) is 20.1. The molecular weight excluding hydrogens is 428 g/mol. The highest BCUT2D eigenvalue weighted by molar-refractivity contribution is 7.89. The van der Waals surface area contributed by atoms with Gasteiger partial charge in [-0.05, 0) is 60.5 Å². The van der Waals surface area contributed by atoms with Crippen molar-refractivity contribution < 1.29 is 8.42 Å². The van der Waals surface area contributed by atoms with Crippen molar-refractivity contribution in [3.63, 3.8) is 0 Å². The number of aryl methyl sites for hydroxylation is 1. The topological polar surface area (TPSA) is 42.3 Å². The first-order valence-corrected chi connectivity index (χ1v) is 11.9. The molecule has 0 saturated heterocycles. The minimum Gasteiger partial charge on any atom is -0.319 e. The van der Waals surface area contributed by atoms with Gasteiger partial charge in [0.05, 0.1) is 10.9 Å². The van der Waals surface area contributed by atoms with Crippen molar-refractivity contribution in [2.24, 2.45) is 0 Å². The minimum absolute atomic E-state index is 0.228. The summed E-state index contributed by atoms with van der Waals surface area (Å²) in [7, 11) is -3.81. The fourth-order valence-electron chi connectivity index (χ4n) is 4.17. The van der Waals surface area contributed by atoms with Gasteiger partial charge in [0.2, 0.25) is 10.0 Å². The lowest BCUT2D eigenvalue weighted by Gasteiger charge is -2.30. The minimum atomic E-state index is -3.81. The van der Waals surface area contributed by atoms with Gasteiger partial charge in [-0.2, -0.15) is 4.31 Å². The summed E-state index contributed by atoms with van der Waals surface area (Å²) in [6.07, 6.45) is 1.99. The van der Waals surface area contributed by atoms with Crippen LogP contribution in [0.1, 0.15) is 28.4 Å². The molecule has 31 heavy (non-hydrogen) atoms. The van der Waals surface area contributed by atoms with Crippen LogP contribution in [0, 0.1) is 6.92 Å². The van der Waals surface area contributed by atoms with Gasteiger partial charge in [-0.15, -0.1) is 0 Å².